The molecule has 0 fully saturated rings. The van der Waals surface area contributed by atoms with E-state index in [-0.39, 0.29) is 0 Å². The van der Waals surface area contributed by atoms with Crippen molar-refractivity contribution >= 4 is 34.5 Å². The third-order valence-corrected chi connectivity index (χ3v) is 4.80. The lowest BCUT2D eigenvalue weighted by Gasteiger charge is -2.22. The van der Waals surface area contributed by atoms with E-state index in [4.69, 9.17) is 0 Å². The van der Waals surface area contributed by atoms with Gasteiger partial charge in [0.05, 0.1) is 6.20 Å². The van der Waals surface area contributed by atoms with Crippen molar-refractivity contribution in [2.75, 3.05) is 47.6 Å². The van der Waals surface area contributed by atoms with Gasteiger partial charge in [0.2, 0.25) is 5.95 Å². The van der Waals surface area contributed by atoms with E-state index in [1.54, 1.807) is 6.20 Å². The molecule has 0 aliphatic carbocycles. The van der Waals surface area contributed by atoms with Crippen LogP contribution in [0.2, 0.25) is 0 Å². The molecule has 0 bridgehead atoms. The minimum atomic E-state index is 0.449. The second-order valence-electron chi connectivity index (χ2n) is 7.03. The summed E-state index contributed by atoms with van der Waals surface area (Å²) in [5.41, 5.74) is 5.43. The maximum atomic E-state index is 4.54. The standard InChI is InChI=1S/C22H29N7/c1-6-29(7-2)19-12-13-20(16(3)14-19)25-21-15-23-27-22(26-21)24-17-8-10-18(11-9-17)28(4)5/h8-15H,6-7H2,1-5H3,(H2,24,25,26,27). The van der Waals surface area contributed by atoms with Crippen molar-refractivity contribution in [2.45, 2.75) is 20.8 Å². The highest BCUT2D eigenvalue weighted by atomic mass is 15.3. The molecule has 0 saturated carbocycles. The number of anilines is 6. The van der Waals surface area contributed by atoms with Gasteiger partial charge in [0.25, 0.3) is 0 Å². The minimum absolute atomic E-state index is 0.449. The Morgan fingerprint density at radius 1 is 0.897 bits per heavy atom. The van der Waals surface area contributed by atoms with Gasteiger partial charge in [-0.25, -0.2) is 0 Å². The first-order valence-corrected chi connectivity index (χ1v) is 9.87. The number of hydrogen-bond acceptors (Lipinski definition) is 7. The van der Waals surface area contributed by atoms with Gasteiger partial charge in [0.15, 0.2) is 5.82 Å². The fourth-order valence-electron chi connectivity index (χ4n) is 3.10. The van der Waals surface area contributed by atoms with E-state index in [2.05, 4.69) is 74.6 Å². The van der Waals surface area contributed by atoms with Crippen LogP contribution >= 0.6 is 0 Å². The Morgan fingerprint density at radius 3 is 2.21 bits per heavy atom. The molecule has 1 aromatic heterocycles. The van der Waals surface area contributed by atoms with Crippen LogP contribution in [0.15, 0.2) is 48.7 Å². The van der Waals surface area contributed by atoms with E-state index in [0.717, 1.165) is 35.7 Å². The summed E-state index contributed by atoms with van der Waals surface area (Å²) in [5.74, 6) is 1.09. The highest BCUT2D eigenvalue weighted by Crippen LogP contribution is 2.25. The summed E-state index contributed by atoms with van der Waals surface area (Å²) in [7, 11) is 4.03. The quantitative estimate of drug-likeness (QED) is 0.582. The Balaban J connectivity index is 1.73. The summed E-state index contributed by atoms with van der Waals surface area (Å²) in [6.45, 7) is 8.40. The fourth-order valence-corrected chi connectivity index (χ4v) is 3.10. The van der Waals surface area contributed by atoms with Gasteiger partial charge in [0.1, 0.15) is 0 Å². The molecule has 0 aliphatic rings. The summed E-state index contributed by atoms with van der Waals surface area (Å²) in [6, 6.07) is 14.5. The predicted molar refractivity (Wildman–Crippen MR) is 122 cm³/mol. The monoisotopic (exact) mass is 391 g/mol. The first-order valence-electron chi connectivity index (χ1n) is 9.87. The van der Waals surface area contributed by atoms with Crippen LogP contribution in [-0.4, -0.2) is 42.4 Å². The third kappa shape index (κ3) is 5.13. The first kappa shape index (κ1) is 20.4. The smallest absolute Gasteiger partial charge is 0.249 e. The molecule has 7 heteroatoms. The van der Waals surface area contributed by atoms with Gasteiger partial charge in [0, 0.05) is 49.9 Å². The van der Waals surface area contributed by atoms with Gasteiger partial charge in [-0.2, -0.15) is 10.1 Å². The van der Waals surface area contributed by atoms with Crippen LogP contribution < -0.4 is 20.4 Å². The number of aromatic nitrogens is 3. The number of aryl methyl sites for hydroxylation is 1. The summed E-state index contributed by atoms with van der Waals surface area (Å²) in [4.78, 5) is 8.92. The highest BCUT2D eigenvalue weighted by molar-refractivity contribution is 5.66. The summed E-state index contributed by atoms with van der Waals surface area (Å²) < 4.78 is 0. The Morgan fingerprint density at radius 2 is 1.59 bits per heavy atom. The predicted octanol–water partition coefficient (Wildman–Crippen LogP) is 4.58. The Labute approximate surface area is 172 Å². The summed E-state index contributed by atoms with van der Waals surface area (Å²) >= 11 is 0. The molecule has 1 heterocycles. The van der Waals surface area contributed by atoms with Crippen molar-refractivity contribution in [1.82, 2.24) is 15.2 Å². The summed E-state index contributed by atoms with van der Waals surface area (Å²) in [5, 5.41) is 14.7. The van der Waals surface area contributed by atoms with Crippen molar-refractivity contribution in [2.24, 2.45) is 0 Å². The van der Waals surface area contributed by atoms with Crippen molar-refractivity contribution in [3.05, 3.63) is 54.2 Å². The topological polar surface area (TPSA) is 69.2 Å². The van der Waals surface area contributed by atoms with Crippen molar-refractivity contribution in [3.8, 4) is 0 Å². The highest BCUT2D eigenvalue weighted by Gasteiger charge is 2.07. The molecule has 0 atom stereocenters. The molecule has 0 amide bonds. The molecule has 0 radical (unpaired) electrons. The van der Waals surface area contributed by atoms with Gasteiger partial charge >= 0.3 is 0 Å². The van der Waals surface area contributed by atoms with Crippen LogP contribution in [0.3, 0.4) is 0 Å². The average Bonchev–Trinajstić information content (AvgIpc) is 2.71. The molecule has 3 rings (SSSR count). The number of hydrogen-bond donors (Lipinski definition) is 2. The van der Waals surface area contributed by atoms with Gasteiger partial charge < -0.3 is 20.4 Å². The van der Waals surface area contributed by atoms with Gasteiger partial charge in [-0.3, -0.25) is 0 Å². The zero-order chi connectivity index (χ0) is 20.8. The summed E-state index contributed by atoms with van der Waals surface area (Å²) in [6.07, 6.45) is 1.62. The van der Waals surface area contributed by atoms with Crippen LogP contribution in [-0.2, 0) is 0 Å². The number of nitrogens with one attached hydrogen (secondary N) is 2. The number of rotatable bonds is 8. The average molecular weight is 392 g/mol. The molecule has 3 aromatic rings. The van der Waals surface area contributed by atoms with E-state index in [9.17, 15) is 0 Å². The maximum Gasteiger partial charge on any atom is 0.249 e. The second kappa shape index (κ2) is 9.23. The lowest BCUT2D eigenvalue weighted by Crippen LogP contribution is -2.21. The molecule has 0 unspecified atom stereocenters. The van der Waals surface area contributed by atoms with Crippen molar-refractivity contribution < 1.29 is 0 Å². The van der Waals surface area contributed by atoms with Crippen molar-refractivity contribution in [3.63, 3.8) is 0 Å². The van der Waals surface area contributed by atoms with Crippen LogP contribution in [0.5, 0.6) is 0 Å². The minimum Gasteiger partial charge on any atom is -0.378 e. The van der Waals surface area contributed by atoms with Gasteiger partial charge in [-0.05, 0) is 68.8 Å². The third-order valence-electron chi connectivity index (χ3n) is 4.80. The Hall–Kier alpha value is -3.35. The Kier molecular flexibility index (Phi) is 6.49. The second-order valence-corrected chi connectivity index (χ2v) is 7.03. The molecule has 2 N–H and O–H groups in total. The molecule has 2 aromatic carbocycles. The van der Waals surface area contributed by atoms with E-state index in [1.807, 2.05) is 38.4 Å². The maximum absolute atomic E-state index is 4.54. The lowest BCUT2D eigenvalue weighted by molar-refractivity contribution is 0.866. The molecule has 7 nitrogen and oxygen atoms in total. The van der Waals surface area contributed by atoms with E-state index >= 15 is 0 Å². The van der Waals surface area contributed by atoms with Crippen LogP contribution in [0.25, 0.3) is 0 Å². The molecule has 0 aliphatic heterocycles. The van der Waals surface area contributed by atoms with E-state index < -0.39 is 0 Å². The zero-order valence-electron chi connectivity index (χ0n) is 17.8. The van der Waals surface area contributed by atoms with Crippen LogP contribution in [0, 0.1) is 6.92 Å². The largest absolute Gasteiger partial charge is 0.378 e. The molecule has 0 spiro atoms. The first-order chi connectivity index (χ1) is 14.0. The normalized spacial score (nSPS) is 10.5. The SMILES string of the molecule is CCN(CC)c1ccc(Nc2cnnc(Nc3ccc(N(C)C)cc3)n2)c(C)c1. The lowest BCUT2D eigenvalue weighted by atomic mass is 10.1. The molecule has 0 saturated heterocycles. The van der Waals surface area contributed by atoms with Crippen molar-refractivity contribution in [1.29, 1.82) is 0 Å². The van der Waals surface area contributed by atoms with Gasteiger partial charge in [-0.1, -0.05) is 0 Å². The molecule has 152 valence electrons. The number of nitrogens with zero attached hydrogens (tertiary/aromatic N) is 5. The van der Waals surface area contributed by atoms with Gasteiger partial charge in [-0.15, -0.1) is 5.10 Å². The number of benzene rings is 2. The zero-order valence-corrected chi connectivity index (χ0v) is 17.8. The van der Waals surface area contributed by atoms with E-state index in [0.29, 0.717) is 11.8 Å². The molecule has 29 heavy (non-hydrogen) atoms. The van der Waals surface area contributed by atoms with Crippen LogP contribution in [0.1, 0.15) is 19.4 Å². The molecular formula is C22H29N7. The molecular weight excluding hydrogens is 362 g/mol. The van der Waals surface area contributed by atoms with Crippen LogP contribution in [0.4, 0.5) is 34.5 Å². The fraction of sp³-hybridized carbons (Fsp3) is 0.318. The van der Waals surface area contributed by atoms with E-state index in [1.165, 1.54) is 5.69 Å². The Bertz CT molecular complexity index is 934.